The number of nitrogens with two attached hydrogens (primary N) is 2. The second-order valence-electron chi connectivity index (χ2n) is 5.30. The minimum atomic E-state index is -0.131. The van der Waals surface area contributed by atoms with Crippen molar-refractivity contribution in [3.63, 3.8) is 0 Å². The monoisotopic (exact) mass is 329 g/mol. The first kappa shape index (κ1) is 16.4. The Bertz CT molecular complexity index is 493. The highest BCUT2D eigenvalue weighted by molar-refractivity contribution is 7.99. The van der Waals surface area contributed by atoms with Crippen LogP contribution in [0, 0.1) is 0 Å². The molecule has 1 amide bonds. The Morgan fingerprint density at radius 1 is 1.67 bits per heavy atom. The number of aromatic nitrogens is 1. The number of thiazole rings is 1. The number of amides is 1. The maximum Gasteiger partial charge on any atom is 0.265 e. The summed E-state index contributed by atoms with van der Waals surface area (Å²) in [5.41, 5.74) is 11.8. The highest BCUT2D eigenvalue weighted by atomic mass is 32.2. The molecule has 0 saturated carbocycles. The molecule has 1 aliphatic heterocycles. The van der Waals surface area contributed by atoms with Gasteiger partial charge in [-0.2, -0.15) is 11.8 Å². The van der Waals surface area contributed by atoms with Crippen molar-refractivity contribution in [1.82, 2.24) is 10.3 Å². The number of carbonyl (C=O) groups is 1. The van der Waals surface area contributed by atoms with Gasteiger partial charge in [0.2, 0.25) is 0 Å². The number of rotatable bonds is 6. The number of carbonyl (C=O) groups excluding carboxylic acids is 1. The minimum Gasteiger partial charge on any atom is -0.382 e. The Balaban J connectivity index is 1.93. The molecule has 1 aromatic heterocycles. The van der Waals surface area contributed by atoms with Crippen molar-refractivity contribution in [2.24, 2.45) is 5.73 Å². The van der Waals surface area contributed by atoms with E-state index in [0.717, 1.165) is 31.1 Å². The SMILES string of the molecule is CSC(C)CCNC(=O)c1sc(N2CCC(N)C2)nc1N. The summed E-state index contributed by atoms with van der Waals surface area (Å²) < 4.78 is 0. The Labute approximate surface area is 133 Å². The van der Waals surface area contributed by atoms with E-state index in [9.17, 15) is 4.79 Å². The third-order valence-electron chi connectivity index (χ3n) is 3.58. The second-order valence-corrected chi connectivity index (χ2v) is 7.55. The molecule has 2 unspecified atom stereocenters. The van der Waals surface area contributed by atoms with Crippen LogP contribution in [0.2, 0.25) is 0 Å². The summed E-state index contributed by atoms with van der Waals surface area (Å²) >= 11 is 3.14. The number of hydrogen-bond donors (Lipinski definition) is 3. The lowest BCUT2D eigenvalue weighted by molar-refractivity contribution is 0.0958. The van der Waals surface area contributed by atoms with Crippen LogP contribution in [-0.2, 0) is 0 Å². The van der Waals surface area contributed by atoms with Crippen molar-refractivity contribution in [2.45, 2.75) is 31.1 Å². The van der Waals surface area contributed by atoms with Gasteiger partial charge in [0, 0.05) is 30.9 Å². The van der Waals surface area contributed by atoms with Gasteiger partial charge in [0.1, 0.15) is 10.7 Å². The molecular weight excluding hydrogens is 306 g/mol. The predicted octanol–water partition coefficient (Wildman–Crippen LogP) is 1.13. The number of anilines is 2. The zero-order valence-corrected chi connectivity index (χ0v) is 14.1. The van der Waals surface area contributed by atoms with E-state index in [0.29, 0.717) is 22.5 Å². The molecule has 118 valence electrons. The summed E-state index contributed by atoms with van der Waals surface area (Å²) in [6.45, 7) is 4.45. The summed E-state index contributed by atoms with van der Waals surface area (Å²) in [6.07, 6.45) is 3.97. The molecule has 8 heteroatoms. The van der Waals surface area contributed by atoms with Crippen molar-refractivity contribution in [1.29, 1.82) is 0 Å². The molecule has 6 nitrogen and oxygen atoms in total. The van der Waals surface area contributed by atoms with Gasteiger partial charge in [-0.3, -0.25) is 4.79 Å². The van der Waals surface area contributed by atoms with Crippen molar-refractivity contribution in [3.05, 3.63) is 4.88 Å². The predicted molar refractivity (Wildman–Crippen MR) is 91.3 cm³/mol. The standard InChI is InChI=1S/C13H23N5OS2/c1-8(20-2)3-5-16-12(19)10-11(15)17-13(21-10)18-6-4-9(14)7-18/h8-9H,3-7,14-15H2,1-2H3,(H,16,19). The first-order chi connectivity index (χ1) is 10.0. The van der Waals surface area contributed by atoms with Gasteiger partial charge in [-0.15, -0.1) is 0 Å². The van der Waals surface area contributed by atoms with Crippen LogP contribution in [-0.4, -0.2) is 48.1 Å². The zero-order valence-electron chi connectivity index (χ0n) is 12.5. The van der Waals surface area contributed by atoms with Crippen LogP contribution in [0.15, 0.2) is 0 Å². The lowest BCUT2D eigenvalue weighted by Crippen LogP contribution is -2.26. The third-order valence-corrected chi connectivity index (χ3v) is 5.75. The largest absolute Gasteiger partial charge is 0.382 e. The fraction of sp³-hybridized carbons (Fsp3) is 0.692. The topological polar surface area (TPSA) is 97.3 Å². The molecule has 0 aromatic carbocycles. The van der Waals surface area contributed by atoms with Gasteiger partial charge in [0.25, 0.3) is 5.91 Å². The maximum atomic E-state index is 12.2. The molecule has 1 fully saturated rings. The highest BCUT2D eigenvalue weighted by Crippen LogP contribution is 2.30. The van der Waals surface area contributed by atoms with Crippen molar-refractivity contribution >= 4 is 40.0 Å². The van der Waals surface area contributed by atoms with Crippen molar-refractivity contribution < 1.29 is 4.79 Å². The van der Waals surface area contributed by atoms with Crippen LogP contribution in [0.25, 0.3) is 0 Å². The highest BCUT2D eigenvalue weighted by Gasteiger charge is 2.24. The van der Waals surface area contributed by atoms with Gasteiger partial charge in [-0.05, 0) is 19.1 Å². The fourth-order valence-corrected chi connectivity index (χ4v) is 3.46. The Hall–Kier alpha value is -0.990. The van der Waals surface area contributed by atoms with Crippen LogP contribution in [0.5, 0.6) is 0 Å². The lowest BCUT2D eigenvalue weighted by atomic mass is 10.3. The summed E-state index contributed by atoms with van der Waals surface area (Å²) in [5.74, 6) is 0.180. The summed E-state index contributed by atoms with van der Waals surface area (Å²) in [4.78, 5) is 19.1. The van der Waals surface area contributed by atoms with Gasteiger partial charge >= 0.3 is 0 Å². The molecule has 1 saturated heterocycles. The first-order valence-corrected chi connectivity index (χ1v) is 9.19. The molecule has 2 atom stereocenters. The molecule has 2 heterocycles. The zero-order chi connectivity index (χ0) is 15.4. The van der Waals surface area contributed by atoms with E-state index in [-0.39, 0.29) is 11.9 Å². The Morgan fingerprint density at radius 2 is 2.43 bits per heavy atom. The van der Waals surface area contributed by atoms with E-state index >= 15 is 0 Å². The van der Waals surface area contributed by atoms with Crippen molar-refractivity contribution in [2.75, 3.05) is 36.5 Å². The van der Waals surface area contributed by atoms with Gasteiger partial charge in [0.15, 0.2) is 5.13 Å². The van der Waals surface area contributed by atoms with Crippen LogP contribution < -0.4 is 21.7 Å². The average Bonchev–Trinajstić information content (AvgIpc) is 3.04. The first-order valence-electron chi connectivity index (χ1n) is 7.09. The number of nitrogens with one attached hydrogen (secondary N) is 1. The Kier molecular flexibility index (Phi) is 5.72. The molecule has 0 radical (unpaired) electrons. The molecule has 1 aromatic rings. The molecular formula is C13H23N5OS2. The number of hydrogen-bond acceptors (Lipinski definition) is 7. The van der Waals surface area contributed by atoms with Gasteiger partial charge in [0.05, 0.1) is 0 Å². The second kappa shape index (κ2) is 7.33. The van der Waals surface area contributed by atoms with E-state index in [4.69, 9.17) is 11.5 Å². The fourth-order valence-electron chi connectivity index (χ4n) is 2.17. The maximum absolute atomic E-state index is 12.2. The molecule has 0 aliphatic carbocycles. The van der Waals surface area contributed by atoms with Crippen molar-refractivity contribution in [3.8, 4) is 0 Å². The Morgan fingerprint density at radius 3 is 3.05 bits per heavy atom. The van der Waals surface area contributed by atoms with Crippen LogP contribution >= 0.6 is 23.1 Å². The van der Waals surface area contributed by atoms with E-state index < -0.39 is 0 Å². The smallest absolute Gasteiger partial charge is 0.265 e. The molecule has 1 aliphatic rings. The summed E-state index contributed by atoms with van der Waals surface area (Å²) in [6, 6.07) is 0.181. The molecule has 21 heavy (non-hydrogen) atoms. The average molecular weight is 329 g/mol. The number of nitrogens with zero attached hydrogens (tertiary/aromatic N) is 2. The normalized spacial score (nSPS) is 19.8. The lowest BCUT2D eigenvalue weighted by Gasteiger charge is -2.12. The molecule has 0 bridgehead atoms. The van der Waals surface area contributed by atoms with Gasteiger partial charge < -0.3 is 21.7 Å². The van der Waals surface area contributed by atoms with E-state index in [1.165, 1.54) is 11.3 Å². The van der Waals surface area contributed by atoms with Gasteiger partial charge in [-0.1, -0.05) is 18.3 Å². The van der Waals surface area contributed by atoms with E-state index in [2.05, 4.69) is 28.4 Å². The molecule has 5 N–H and O–H groups in total. The number of nitrogen functional groups attached to an aromatic ring is 1. The van der Waals surface area contributed by atoms with E-state index in [1.807, 2.05) is 0 Å². The minimum absolute atomic E-state index is 0.131. The van der Waals surface area contributed by atoms with Gasteiger partial charge in [-0.25, -0.2) is 4.98 Å². The summed E-state index contributed by atoms with van der Waals surface area (Å²) in [7, 11) is 0. The summed E-state index contributed by atoms with van der Waals surface area (Å²) in [5, 5.41) is 4.24. The molecule has 0 spiro atoms. The van der Waals surface area contributed by atoms with E-state index in [1.54, 1.807) is 11.8 Å². The number of thioether (sulfide) groups is 1. The van der Waals surface area contributed by atoms with Crippen LogP contribution in [0.4, 0.5) is 10.9 Å². The third kappa shape index (κ3) is 4.24. The van der Waals surface area contributed by atoms with Crippen LogP contribution in [0.1, 0.15) is 29.4 Å². The van der Waals surface area contributed by atoms with Crippen LogP contribution in [0.3, 0.4) is 0 Å². The molecule has 2 rings (SSSR count). The quantitative estimate of drug-likeness (QED) is 0.724.